The molecule has 5 aromatic rings. The summed E-state index contributed by atoms with van der Waals surface area (Å²) in [6.07, 6.45) is 7.59. The zero-order chi connectivity index (χ0) is 35.0. The SMILES string of the molecule is CC1Cc2c(ccc3sc4c(-c5[c-]c6ccccc6c(C(C)(C)C)c5)ncnc4c23)S1.CCC(C)(CC)C(=O)/C=C(\O)C(C)(CC)CC.[Ir]. The van der Waals surface area contributed by atoms with Gasteiger partial charge in [0.1, 0.15) is 12.1 Å². The van der Waals surface area contributed by atoms with Crippen LogP contribution < -0.4 is 0 Å². The second kappa shape index (κ2) is 15.4. The number of benzene rings is 3. The molecule has 7 heteroatoms. The Hall–Kier alpha value is -2.57. The van der Waals surface area contributed by atoms with Crippen molar-refractivity contribution in [3.8, 4) is 11.3 Å². The molecule has 0 saturated heterocycles. The van der Waals surface area contributed by atoms with Crippen LogP contribution in [0.5, 0.6) is 0 Å². The molecule has 0 amide bonds. The number of thioether (sulfide) groups is 1. The van der Waals surface area contributed by atoms with Gasteiger partial charge in [0.25, 0.3) is 0 Å². The minimum absolute atomic E-state index is 0. The van der Waals surface area contributed by atoms with Gasteiger partial charge in [-0.3, -0.25) is 9.78 Å². The predicted octanol–water partition coefficient (Wildman–Crippen LogP) is 12.4. The van der Waals surface area contributed by atoms with E-state index < -0.39 is 0 Å². The molecule has 0 saturated carbocycles. The number of thiophene rings is 1. The summed E-state index contributed by atoms with van der Waals surface area (Å²) in [5.74, 6) is 0.286. The molecule has 263 valence electrons. The van der Waals surface area contributed by atoms with E-state index in [1.54, 1.807) is 6.33 Å². The maximum atomic E-state index is 12.2. The van der Waals surface area contributed by atoms with Crippen molar-refractivity contribution >= 4 is 60.0 Å². The van der Waals surface area contributed by atoms with Gasteiger partial charge in [0.05, 0.1) is 5.52 Å². The molecule has 0 fully saturated rings. The number of hydrogen-bond acceptors (Lipinski definition) is 6. The number of aliphatic hydroxyl groups is 1. The summed E-state index contributed by atoms with van der Waals surface area (Å²) in [5.41, 5.74) is 5.37. The summed E-state index contributed by atoms with van der Waals surface area (Å²) in [5, 5.41) is 14.5. The number of fused-ring (bicyclic) bond motifs is 6. The van der Waals surface area contributed by atoms with Crippen molar-refractivity contribution in [1.29, 1.82) is 0 Å². The Morgan fingerprint density at radius 1 is 0.959 bits per heavy atom. The number of nitrogens with zero attached hydrogens (tertiary/aromatic N) is 2. The minimum Gasteiger partial charge on any atom is -0.512 e. The molecule has 1 unspecified atom stereocenters. The Morgan fingerprint density at radius 3 is 2.24 bits per heavy atom. The Kier molecular flexibility index (Phi) is 12.3. The summed E-state index contributed by atoms with van der Waals surface area (Å²) < 4.78 is 2.48. The number of carbonyl (C=O) groups is 1. The van der Waals surface area contributed by atoms with Gasteiger partial charge in [-0.05, 0) is 55.2 Å². The first-order valence-electron chi connectivity index (χ1n) is 17.5. The maximum Gasteiger partial charge on any atom is 0.164 e. The molecule has 1 aliphatic rings. The van der Waals surface area contributed by atoms with Crippen molar-refractivity contribution in [2.75, 3.05) is 0 Å². The van der Waals surface area contributed by atoms with Crippen molar-refractivity contribution in [3.63, 3.8) is 0 Å². The summed E-state index contributed by atoms with van der Waals surface area (Å²) in [6, 6.07) is 19.1. The van der Waals surface area contributed by atoms with Crippen LogP contribution in [-0.4, -0.2) is 26.1 Å². The third-order valence-corrected chi connectivity index (χ3v) is 13.1. The zero-order valence-corrected chi connectivity index (χ0v) is 34.7. The van der Waals surface area contributed by atoms with Gasteiger partial charge in [0, 0.05) is 67.6 Å². The molecular weight excluding hydrogens is 821 g/mol. The van der Waals surface area contributed by atoms with Gasteiger partial charge in [0.15, 0.2) is 5.78 Å². The van der Waals surface area contributed by atoms with Crippen LogP contribution in [-0.2, 0) is 36.7 Å². The fourth-order valence-electron chi connectivity index (χ4n) is 6.42. The van der Waals surface area contributed by atoms with E-state index in [2.05, 4.69) is 76.2 Å². The predicted molar refractivity (Wildman–Crippen MR) is 208 cm³/mol. The molecule has 4 nitrogen and oxygen atoms in total. The molecule has 1 radical (unpaired) electrons. The number of hydrogen-bond donors (Lipinski definition) is 1. The van der Waals surface area contributed by atoms with Gasteiger partial charge in [-0.1, -0.05) is 98.4 Å². The first kappa shape index (κ1) is 39.2. The van der Waals surface area contributed by atoms with Crippen LogP contribution >= 0.6 is 23.1 Å². The second-order valence-corrected chi connectivity index (χ2v) is 17.4. The minimum atomic E-state index is -0.337. The first-order chi connectivity index (χ1) is 22.7. The van der Waals surface area contributed by atoms with E-state index in [0.29, 0.717) is 5.25 Å². The Labute approximate surface area is 315 Å². The molecule has 2 aromatic heterocycles. The number of ketones is 1. The van der Waals surface area contributed by atoms with Crippen molar-refractivity contribution < 1.29 is 30.0 Å². The van der Waals surface area contributed by atoms with E-state index in [1.807, 2.05) is 64.6 Å². The molecule has 1 N–H and O–H groups in total. The average molecular weight is 872 g/mol. The molecule has 0 spiro atoms. The van der Waals surface area contributed by atoms with E-state index in [-0.39, 0.29) is 47.9 Å². The topological polar surface area (TPSA) is 63.1 Å². The van der Waals surface area contributed by atoms with E-state index in [0.717, 1.165) is 54.3 Å². The molecule has 3 aromatic carbocycles. The van der Waals surface area contributed by atoms with Crippen molar-refractivity contribution in [1.82, 2.24) is 9.97 Å². The molecule has 0 bridgehead atoms. The van der Waals surface area contributed by atoms with Gasteiger partial charge in [-0.2, -0.15) is 0 Å². The average Bonchev–Trinajstić information content (AvgIpc) is 3.66. The third-order valence-electron chi connectivity index (χ3n) is 10.7. The van der Waals surface area contributed by atoms with E-state index in [4.69, 9.17) is 9.97 Å². The molecule has 6 rings (SSSR count). The number of carbonyl (C=O) groups excluding carboxylic acids is 1. The van der Waals surface area contributed by atoms with Crippen LogP contribution in [0.2, 0.25) is 0 Å². The van der Waals surface area contributed by atoms with E-state index >= 15 is 0 Å². The van der Waals surface area contributed by atoms with Gasteiger partial charge in [0.2, 0.25) is 0 Å². The second-order valence-electron chi connectivity index (χ2n) is 14.9. The molecule has 3 heterocycles. The summed E-state index contributed by atoms with van der Waals surface area (Å²) >= 11 is 3.79. The first-order valence-corrected chi connectivity index (χ1v) is 19.2. The monoisotopic (exact) mass is 872 g/mol. The van der Waals surface area contributed by atoms with Gasteiger partial charge in [-0.15, -0.1) is 52.2 Å². The van der Waals surface area contributed by atoms with Crippen molar-refractivity contribution in [2.45, 2.75) is 117 Å². The number of allylic oxidation sites excluding steroid dienone is 2. The summed E-state index contributed by atoms with van der Waals surface area (Å²) in [7, 11) is 0. The smallest absolute Gasteiger partial charge is 0.164 e. The number of aromatic nitrogens is 2. The molecular formula is C42H51IrN2O2S2-. The molecule has 1 atom stereocenters. The normalized spacial score (nSPS) is 15.2. The van der Waals surface area contributed by atoms with Crippen LogP contribution in [0, 0.1) is 16.9 Å². The quantitative estimate of drug-likeness (QED) is 0.0956. The standard InChI is InChI=1S/C27H23N2S2.C15H28O2.Ir/c1-15-11-19-21(30-15)9-10-22-23(19)25-26(31-22)24(28-14-29-25)17-12-16-7-5-6-8-18(16)20(13-17)27(2,3)4;1-7-14(5,8-2)12(16)11-13(17)15(6,9-3)10-4;/h5-10,13-15H,11H2,1-4H3;11,16H,7-10H2,1-6H3;/q-1;;/b;12-11-;. The van der Waals surface area contributed by atoms with E-state index in [1.165, 1.54) is 42.3 Å². The van der Waals surface area contributed by atoms with Gasteiger partial charge in [-0.25, -0.2) is 4.98 Å². The molecule has 1 aliphatic heterocycles. The summed E-state index contributed by atoms with van der Waals surface area (Å²) in [4.78, 5) is 23.1. The fourth-order valence-corrected chi connectivity index (χ4v) is 8.77. The van der Waals surface area contributed by atoms with E-state index in [9.17, 15) is 9.90 Å². The fraction of sp³-hybridized carbons (Fsp3) is 0.452. The van der Waals surface area contributed by atoms with Crippen molar-refractivity contribution in [3.05, 3.63) is 77.8 Å². The maximum absolute atomic E-state index is 12.2. The van der Waals surface area contributed by atoms with Gasteiger partial charge >= 0.3 is 0 Å². The number of rotatable bonds is 8. The van der Waals surface area contributed by atoms with Crippen LogP contribution in [0.15, 0.2) is 65.5 Å². The zero-order valence-electron chi connectivity index (χ0n) is 30.7. The van der Waals surface area contributed by atoms with Crippen LogP contribution in [0.4, 0.5) is 0 Å². The summed E-state index contributed by atoms with van der Waals surface area (Å²) in [6.45, 7) is 21.2. The largest absolute Gasteiger partial charge is 0.512 e. The Balaban J connectivity index is 0.000000260. The van der Waals surface area contributed by atoms with Crippen LogP contribution in [0.3, 0.4) is 0 Å². The third kappa shape index (κ3) is 7.71. The van der Waals surface area contributed by atoms with Crippen LogP contribution in [0.25, 0.3) is 42.3 Å². The molecule has 49 heavy (non-hydrogen) atoms. The number of aliphatic hydroxyl groups excluding tert-OH is 1. The van der Waals surface area contributed by atoms with Crippen LogP contribution in [0.1, 0.15) is 106 Å². The molecule has 0 aliphatic carbocycles. The van der Waals surface area contributed by atoms with Crippen molar-refractivity contribution in [2.24, 2.45) is 10.8 Å². The van der Waals surface area contributed by atoms with Gasteiger partial charge < -0.3 is 5.11 Å². The Bertz CT molecular complexity index is 2000. The Morgan fingerprint density at radius 2 is 1.61 bits per heavy atom.